The van der Waals surface area contributed by atoms with Crippen molar-refractivity contribution in [2.24, 2.45) is 0 Å². The van der Waals surface area contributed by atoms with Gasteiger partial charge in [0.25, 0.3) is 0 Å². The monoisotopic (exact) mass is 497 g/mol. The second kappa shape index (κ2) is 9.66. The Kier molecular flexibility index (Phi) is 6.97. The van der Waals surface area contributed by atoms with Gasteiger partial charge in [0.05, 0.1) is 9.79 Å². The van der Waals surface area contributed by atoms with Gasteiger partial charge in [0.2, 0.25) is 9.84 Å². The molecule has 35 heavy (non-hydrogen) atoms. The minimum absolute atomic E-state index is 0.226. The third-order valence-corrected chi connectivity index (χ3v) is 8.01. The average molecular weight is 498 g/mol. The van der Waals surface area contributed by atoms with Crippen molar-refractivity contribution in [2.75, 3.05) is 27.2 Å². The molecule has 7 nitrogen and oxygen atoms in total. The van der Waals surface area contributed by atoms with Gasteiger partial charge in [-0.15, -0.1) is 0 Å². The third-order valence-electron chi connectivity index (χ3n) is 6.25. The summed E-state index contributed by atoms with van der Waals surface area (Å²) in [6.07, 6.45) is 3.51. The minimum Gasteiger partial charge on any atom is -0.444 e. The van der Waals surface area contributed by atoms with Gasteiger partial charge in [-0.05, 0) is 83.6 Å². The molecule has 2 aromatic carbocycles. The lowest BCUT2D eigenvalue weighted by Crippen LogP contribution is -2.42. The van der Waals surface area contributed by atoms with Crippen molar-refractivity contribution in [1.29, 1.82) is 0 Å². The van der Waals surface area contributed by atoms with Crippen LogP contribution in [-0.4, -0.2) is 61.7 Å². The molecular formula is C27H35N3O4S. The molecule has 3 aromatic rings. The van der Waals surface area contributed by atoms with E-state index in [0.29, 0.717) is 29.4 Å². The number of aromatic nitrogens is 1. The lowest BCUT2D eigenvalue weighted by Gasteiger charge is -2.34. The van der Waals surface area contributed by atoms with Gasteiger partial charge >= 0.3 is 6.09 Å². The summed E-state index contributed by atoms with van der Waals surface area (Å²) >= 11 is 0. The molecule has 2 heterocycles. The molecule has 1 aliphatic heterocycles. The number of likely N-dealkylation sites (tertiary alicyclic amines) is 1. The van der Waals surface area contributed by atoms with Gasteiger partial charge in [0, 0.05) is 42.8 Å². The molecule has 0 bridgehead atoms. The molecule has 0 radical (unpaired) electrons. The van der Waals surface area contributed by atoms with E-state index in [0.717, 1.165) is 29.3 Å². The van der Waals surface area contributed by atoms with Gasteiger partial charge in [-0.25, -0.2) is 13.2 Å². The molecule has 1 fully saturated rings. The molecule has 0 spiro atoms. The Morgan fingerprint density at radius 1 is 1.03 bits per heavy atom. The summed E-state index contributed by atoms with van der Waals surface area (Å²) in [4.78, 5) is 16.9. The lowest BCUT2D eigenvalue weighted by atomic mass is 10.0. The Hall–Kier alpha value is -2.84. The first-order valence-electron chi connectivity index (χ1n) is 12.0. The topological polar surface area (TPSA) is 71.8 Å². The van der Waals surface area contributed by atoms with Gasteiger partial charge in [-0.1, -0.05) is 18.2 Å². The lowest BCUT2D eigenvalue weighted by molar-refractivity contribution is 0.0189. The highest BCUT2D eigenvalue weighted by molar-refractivity contribution is 7.91. The second-order valence-corrected chi connectivity index (χ2v) is 12.4. The van der Waals surface area contributed by atoms with E-state index in [2.05, 4.69) is 15.7 Å². The Bertz CT molecular complexity index is 1300. The van der Waals surface area contributed by atoms with Crippen LogP contribution in [0.2, 0.25) is 0 Å². The smallest absolute Gasteiger partial charge is 0.410 e. The van der Waals surface area contributed by atoms with E-state index >= 15 is 0 Å². The quantitative estimate of drug-likeness (QED) is 0.490. The summed E-state index contributed by atoms with van der Waals surface area (Å²) in [5.74, 6) is 0. The van der Waals surface area contributed by atoms with Crippen molar-refractivity contribution in [3.8, 4) is 0 Å². The summed E-state index contributed by atoms with van der Waals surface area (Å²) in [6.45, 7) is 7.59. The molecule has 1 aromatic heterocycles. The van der Waals surface area contributed by atoms with Crippen LogP contribution in [0.5, 0.6) is 0 Å². The zero-order chi connectivity index (χ0) is 25.4. The summed E-state index contributed by atoms with van der Waals surface area (Å²) in [6, 6.07) is 14.2. The number of carbonyl (C=O) groups is 1. The summed E-state index contributed by atoms with van der Waals surface area (Å²) in [7, 11) is 0.410. The number of ether oxygens (including phenoxy) is 1. The number of amides is 1. The molecule has 4 rings (SSSR count). The Balaban J connectivity index is 1.64. The largest absolute Gasteiger partial charge is 0.444 e. The predicted octanol–water partition coefficient (Wildman–Crippen LogP) is 5.11. The van der Waals surface area contributed by atoms with E-state index < -0.39 is 15.4 Å². The average Bonchev–Trinajstić information content (AvgIpc) is 3.15. The fourth-order valence-corrected chi connectivity index (χ4v) is 5.94. The number of fused-ring (bicyclic) bond motifs is 1. The predicted molar refractivity (Wildman–Crippen MR) is 137 cm³/mol. The normalized spacial score (nSPS) is 15.7. The van der Waals surface area contributed by atoms with Crippen LogP contribution in [-0.2, 0) is 21.1 Å². The highest BCUT2D eigenvalue weighted by atomic mass is 32.2. The molecule has 188 valence electrons. The van der Waals surface area contributed by atoms with E-state index in [9.17, 15) is 13.2 Å². The Morgan fingerprint density at radius 2 is 1.69 bits per heavy atom. The van der Waals surface area contributed by atoms with Crippen LogP contribution in [0.15, 0.2) is 64.5 Å². The minimum atomic E-state index is -3.60. The number of nitrogens with zero attached hydrogens (tertiary/aromatic N) is 3. The van der Waals surface area contributed by atoms with Gasteiger partial charge in [-0.3, -0.25) is 0 Å². The van der Waals surface area contributed by atoms with Crippen LogP contribution in [0.1, 0.15) is 45.2 Å². The molecule has 1 saturated heterocycles. The standard InChI is InChI=1S/C27H35N3O4S/c1-27(2,3)34-26(31)29-15-13-21(14-16-29)30-19-20(18-28(4)5)24-17-23(11-12-25(24)30)35(32,33)22-9-7-6-8-10-22/h6-12,17,19,21H,13-16,18H2,1-5H3. The molecular weight excluding hydrogens is 462 g/mol. The van der Waals surface area contributed by atoms with Gasteiger partial charge in [0.1, 0.15) is 5.60 Å². The number of carbonyl (C=O) groups excluding carboxylic acids is 1. The molecule has 0 N–H and O–H groups in total. The van der Waals surface area contributed by atoms with Crippen molar-refractivity contribution >= 4 is 26.8 Å². The first-order valence-corrected chi connectivity index (χ1v) is 13.5. The molecule has 0 unspecified atom stereocenters. The Morgan fingerprint density at radius 3 is 2.29 bits per heavy atom. The Labute approximate surface area is 208 Å². The highest BCUT2D eigenvalue weighted by Gasteiger charge is 2.29. The number of rotatable bonds is 5. The molecule has 1 aliphatic rings. The van der Waals surface area contributed by atoms with E-state index in [1.54, 1.807) is 35.2 Å². The van der Waals surface area contributed by atoms with Crippen LogP contribution < -0.4 is 0 Å². The molecule has 8 heteroatoms. The zero-order valence-electron chi connectivity index (χ0n) is 21.2. The van der Waals surface area contributed by atoms with E-state index in [4.69, 9.17) is 4.74 Å². The summed E-state index contributed by atoms with van der Waals surface area (Å²) in [5.41, 5.74) is 1.60. The van der Waals surface area contributed by atoms with Crippen molar-refractivity contribution in [3.05, 3.63) is 60.3 Å². The highest BCUT2D eigenvalue weighted by Crippen LogP contribution is 2.33. The third kappa shape index (κ3) is 5.54. The fourth-order valence-electron chi connectivity index (χ4n) is 4.63. The number of hydrogen-bond donors (Lipinski definition) is 0. The van der Waals surface area contributed by atoms with Crippen LogP contribution in [0.3, 0.4) is 0 Å². The van der Waals surface area contributed by atoms with E-state index in [1.807, 2.05) is 53.1 Å². The maximum atomic E-state index is 13.3. The fraction of sp³-hybridized carbons (Fsp3) is 0.444. The van der Waals surface area contributed by atoms with Gasteiger partial charge in [0.15, 0.2) is 0 Å². The maximum absolute atomic E-state index is 13.3. The SMILES string of the molecule is CN(C)Cc1cn(C2CCN(C(=O)OC(C)(C)C)CC2)c2ccc(S(=O)(=O)c3ccccc3)cc12. The van der Waals surface area contributed by atoms with E-state index in [-0.39, 0.29) is 12.1 Å². The number of hydrogen-bond acceptors (Lipinski definition) is 5. The van der Waals surface area contributed by atoms with Crippen LogP contribution in [0, 0.1) is 0 Å². The number of benzene rings is 2. The second-order valence-electron chi connectivity index (χ2n) is 10.5. The molecule has 0 atom stereocenters. The van der Waals surface area contributed by atoms with Crippen LogP contribution in [0.4, 0.5) is 4.79 Å². The summed E-state index contributed by atoms with van der Waals surface area (Å²) < 4.78 is 34.3. The van der Waals surface area contributed by atoms with Gasteiger partial charge in [-0.2, -0.15) is 0 Å². The van der Waals surface area contributed by atoms with E-state index in [1.165, 1.54) is 0 Å². The summed E-state index contributed by atoms with van der Waals surface area (Å²) in [5, 5.41) is 0.949. The van der Waals surface area contributed by atoms with Crippen molar-refractivity contribution in [1.82, 2.24) is 14.4 Å². The molecule has 0 saturated carbocycles. The van der Waals surface area contributed by atoms with Gasteiger partial charge < -0.3 is 19.1 Å². The first-order chi connectivity index (χ1) is 16.5. The first kappa shape index (κ1) is 25.3. The molecule has 0 aliphatic carbocycles. The molecule has 1 amide bonds. The van der Waals surface area contributed by atoms with Crippen LogP contribution in [0.25, 0.3) is 10.9 Å². The zero-order valence-corrected chi connectivity index (χ0v) is 22.0. The van der Waals surface area contributed by atoms with Crippen LogP contribution >= 0.6 is 0 Å². The van der Waals surface area contributed by atoms with Crippen molar-refractivity contribution in [2.45, 2.75) is 61.6 Å². The number of sulfone groups is 1. The number of piperidine rings is 1. The maximum Gasteiger partial charge on any atom is 0.410 e. The van der Waals surface area contributed by atoms with Crippen molar-refractivity contribution in [3.63, 3.8) is 0 Å². The van der Waals surface area contributed by atoms with Crippen molar-refractivity contribution < 1.29 is 17.9 Å².